The lowest BCUT2D eigenvalue weighted by Crippen LogP contribution is -2.59. The number of likely N-dealkylation sites (N-methyl/N-ethyl adjacent to an activating group) is 1. The molecule has 1 heterocycles. The van der Waals surface area contributed by atoms with E-state index in [0.29, 0.717) is 21.7 Å². The van der Waals surface area contributed by atoms with Crippen LogP contribution in [0.25, 0.3) is 11.3 Å². The van der Waals surface area contributed by atoms with Gasteiger partial charge in [-0.3, -0.25) is 9.69 Å². The molecule has 0 radical (unpaired) electrons. The van der Waals surface area contributed by atoms with Gasteiger partial charge in [0.05, 0.1) is 17.3 Å². The Kier molecular flexibility index (Phi) is 5.14. The maximum atomic E-state index is 12.7. The highest BCUT2D eigenvalue weighted by molar-refractivity contribution is 7.14. The number of thiazole rings is 1. The minimum atomic E-state index is 0.00588. The normalized spacial score (nSPS) is 30.1. The van der Waals surface area contributed by atoms with Crippen LogP contribution < -0.4 is 5.32 Å². The smallest absolute Gasteiger partial charge is 0.240 e. The predicted octanol–water partition coefficient (Wildman–Crippen LogP) is 5.96. The number of amides is 1. The Hall–Kier alpha value is -1.14. The van der Waals surface area contributed by atoms with Crippen LogP contribution in [0, 0.1) is 17.8 Å². The lowest BCUT2D eigenvalue weighted by Gasteiger charge is -2.59. The van der Waals surface area contributed by atoms with E-state index in [1.54, 1.807) is 12.1 Å². The molecule has 0 unspecified atom stereocenters. The molecule has 0 aliphatic heterocycles. The van der Waals surface area contributed by atoms with Crippen LogP contribution in [0.2, 0.25) is 10.0 Å². The van der Waals surface area contributed by atoms with Crippen LogP contribution in [0.15, 0.2) is 23.6 Å². The Morgan fingerprint density at radius 2 is 1.86 bits per heavy atom. The predicted molar refractivity (Wildman–Crippen MR) is 120 cm³/mol. The minimum Gasteiger partial charge on any atom is -0.301 e. The first kappa shape index (κ1) is 19.8. The molecule has 29 heavy (non-hydrogen) atoms. The molecule has 7 heteroatoms. The molecule has 1 aromatic carbocycles. The van der Waals surface area contributed by atoms with Gasteiger partial charge < -0.3 is 5.32 Å². The van der Waals surface area contributed by atoms with Crippen LogP contribution in [0.3, 0.4) is 0 Å². The summed E-state index contributed by atoms with van der Waals surface area (Å²) in [5.41, 5.74) is 1.80. The second-order valence-corrected chi connectivity index (χ2v) is 10.9. The summed E-state index contributed by atoms with van der Waals surface area (Å²) in [5.74, 6) is 2.62. The third kappa shape index (κ3) is 3.83. The molecule has 0 spiro atoms. The SMILES string of the molecule is CN(CC(=O)Nc1nc(-c2ccc(Cl)cc2Cl)cs1)C12CC3CC(CC(C3)C1)C2. The molecule has 0 saturated heterocycles. The van der Waals surface area contributed by atoms with Crippen LogP contribution in [-0.2, 0) is 4.79 Å². The van der Waals surface area contributed by atoms with E-state index in [-0.39, 0.29) is 11.4 Å². The summed E-state index contributed by atoms with van der Waals surface area (Å²) in [6, 6.07) is 5.35. The first-order valence-corrected chi connectivity index (χ1v) is 12.0. The van der Waals surface area contributed by atoms with E-state index in [4.69, 9.17) is 23.2 Å². The van der Waals surface area contributed by atoms with Crippen LogP contribution in [0.1, 0.15) is 38.5 Å². The van der Waals surface area contributed by atoms with Crippen LogP contribution in [0.5, 0.6) is 0 Å². The third-order valence-electron chi connectivity index (χ3n) is 7.15. The van der Waals surface area contributed by atoms with E-state index in [0.717, 1.165) is 29.0 Å². The number of aromatic nitrogens is 1. The number of benzene rings is 1. The summed E-state index contributed by atoms with van der Waals surface area (Å²) in [6.45, 7) is 0.419. The third-order valence-corrected chi connectivity index (χ3v) is 8.46. The van der Waals surface area contributed by atoms with Crippen molar-refractivity contribution in [3.63, 3.8) is 0 Å². The van der Waals surface area contributed by atoms with Crippen molar-refractivity contribution >= 4 is 45.6 Å². The molecular weight excluding hydrogens is 425 g/mol. The Bertz CT molecular complexity index is 909. The largest absolute Gasteiger partial charge is 0.301 e. The van der Waals surface area contributed by atoms with Crippen LogP contribution in [-0.4, -0.2) is 34.9 Å². The molecule has 4 saturated carbocycles. The Labute approximate surface area is 185 Å². The van der Waals surface area contributed by atoms with Gasteiger partial charge in [0, 0.05) is 21.5 Å². The van der Waals surface area contributed by atoms with E-state index in [2.05, 4.69) is 22.2 Å². The van der Waals surface area contributed by atoms with Gasteiger partial charge in [0.15, 0.2) is 5.13 Å². The summed E-state index contributed by atoms with van der Waals surface area (Å²) >= 11 is 13.7. The van der Waals surface area contributed by atoms with E-state index < -0.39 is 0 Å². The van der Waals surface area contributed by atoms with Gasteiger partial charge in [-0.1, -0.05) is 23.2 Å². The van der Waals surface area contributed by atoms with Crippen molar-refractivity contribution in [3.8, 4) is 11.3 Å². The van der Waals surface area contributed by atoms with Crippen molar-refractivity contribution in [3.05, 3.63) is 33.6 Å². The van der Waals surface area contributed by atoms with Crippen molar-refractivity contribution in [1.29, 1.82) is 0 Å². The number of nitrogens with zero attached hydrogens (tertiary/aromatic N) is 2. The van der Waals surface area contributed by atoms with Gasteiger partial charge in [0.1, 0.15) is 0 Å². The average molecular weight is 450 g/mol. The fraction of sp³-hybridized carbons (Fsp3) is 0.545. The lowest BCUT2D eigenvalue weighted by atomic mass is 9.52. The van der Waals surface area contributed by atoms with Crippen molar-refractivity contribution in [2.24, 2.45) is 17.8 Å². The zero-order valence-corrected chi connectivity index (χ0v) is 18.8. The van der Waals surface area contributed by atoms with Gasteiger partial charge in [-0.15, -0.1) is 11.3 Å². The molecule has 4 fully saturated rings. The number of halogens is 2. The van der Waals surface area contributed by atoms with Crippen molar-refractivity contribution in [2.45, 2.75) is 44.1 Å². The molecule has 6 rings (SSSR count). The molecule has 154 valence electrons. The quantitative estimate of drug-likeness (QED) is 0.612. The highest BCUT2D eigenvalue weighted by Gasteiger charge is 2.52. The Morgan fingerprint density at radius 3 is 2.48 bits per heavy atom. The molecule has 1 amide bonds. The molecular formula is C22H25Cl2N3OS. The second kappa shape index (κ2) is 7.52. The zero-order chi connectivity index (χ0) is 20.2. The highest BCUT2D eigenvalue weighted by Crippen LogP contribution is 2.57. The maximum absolute atomic E-state index is 12.7. The molecule has 4 bridgehead atoms. The molecule has 2 aromatic rings. The first-order chi connectivity index (χ1) is 13.9. The minimum absolute atomic E-state index is 0.00588. The monoisotopic (exact) mass is 449 g/mol. The van der Waals surface area contributed by atoms with Crippen molar-refractivity contribution in [1.82, 2.24) is 9.88 Å². The number of hydrogen-bond acceptors (Lipinski definition) is 4. The topological polar surface area (TPSA) is 45.2 Å². The average Bonchev–Trinajstić information content (AvgIpc) is 3.08. The van der Waals surface area contributed by atoms with Gasteiger partial charge in [-0.2, -0.15) is 0 Å². The van der Waals surface area contributed by atoms with Crippen LogP contribution >= 0.6 is 34.5 Å². The lowest BCUT2D eigenvalue weighted by molar-refractivity contribution is -0.123. The first-order valence-electron chi connectivity index (χ1n) is 10.3. The molecule has 0 atom stereocenters. The number of nitrogens with one attached hydrogen (secondary N) is 1. The summed E-state index contributed by atoms with van der Waals surface area (Å²) in [4.78, 5) is 19.6. The van der Waals surface area contributed by atoms with E-state index >= 15 is 0 Å². The molecule has 4 aliphatic rings. The standard InChI is InChI=1S/C22H25Cl2N3OS/c1-27(22-8-13-4-14(9-22)6-15(5-13)10-22)11-20(28)26-21-25-19(12-29-21)17-3-2-16(23)7-18(17)24/h2-3,7,12-15H,4-6,8-11H2,1H3,(H,25,26,28). The van der Waals surface area contributed by atoms with E-state index in [1.165, 1.54) is 49.9 Å². The zero-order valence-electron chi connectivity index (χ0n) is 16.5. The van der Waals surface area contributed by atoms with Crippen LogP contribution in [0.4, 0.5) is 5.13 Å². The summed E-state index contributed by atoms with van der Waals surface area (Å²) < 4.78 is 0. The van der Waals surface area contributed by atoms with Gasteiger partial charge in [0.25, 0.3) is 0 Å². The number of rotatable bonds is 5. The van der Waals surface area contributed by atoms with Gasteiger partial charge in [0.2, 0.25) is 5.91 Å². The molecule has 1 aromatic heterocycles. The number of anilines is 1. The maximum Gasteiger partial charge on any atom is 0.240 e. The highest BCUT2D eigenvalue weighted by atomic mass is 35.5. The summed E-state index contributed by atoms with van der Waals surface area (Å²) in [7, 11) is 2.13. The molecule has 4 nitrogen and oxygen atoms in total. The Morgan fingerprint density at radius 1 is 1.21 bits per heavy atom. The summed E-state index contributed by atoms with van der Waals surface area (Å²) in [5, 5.41) is 6.65. The molecule has 1 N–H and O–H groups in total. The fourth-order valence-electron chi connectivity index (χ4n) is 6.23. The fourth-order valence-corrected chi connectivity index (χ4v) is 7.46. The van der Waals surface area contributed by atoms with Crippen molar-refractivity contribution in [2.75, 3.05) is 18.9 Å². The van der Waals surface area contributed by atoms with E-state index in [1.807, 2.05) is 11.4 Å². The number of carbonyl (C=O) groups excluding carboxylic acids is 1. The van der Waals surface area contributed by atoms with E-state index in [9.17, 15) is 4.79 Å². The number of carbonyl (C=O) groups is 1. The van der Waals surface area contributed by atoms with Gasteiger partial charge in [-0.25, -0.2) is 4.98 Å². The number of hydrogen-bond donors (Lipinski definition) is 1. The van der Waals surface area contributed by atoms with Gasteiger partial charge in [-0.05, 0) is 81.5 Å². The van der Waals surface area contributed by atoms with Crippen molar-refractivity contribution < 1.29 is 4.79 Å². The van der Waals surface area contributed by atoms with Gasteiger partial charge >= 0.3 is 0 Å². The second-order valence-electron chi connectivity index (χ2n) is 9.21. The summed E-state index contributed by atoms with van der Waals surface area (Å²) in [6.07, 6.45) is 8.02. The molecule has 4 aliphatic carbocycles. The Balaban J connectivity index is 1.24.